The van der Waals surface area contributed by atoms with E-state index in [0.29, 0.717) is 6.04 Å². The number of pyridine rings is 1. The van der Waals surface area contributed by atoms with Gasteiger partial charge < -0.3 is 10.6 Å². The van der Waals surface area contributed by atoms with Gasteiger partial charge in [0.2, 0.25) is 0 Å². The van der Waals surface area contributed by atoms with Crippen molar-refractivity contribution >= 4 is 11.4 Å². The summed E-state index contributed by atoms with van der Waals surface area (Å²) in [7, 11) is 0. The van der Waals surface area contributed by atoms with E-state index in [1.165, 1.54) is 29.7 Å². The van der Waals surface area contributed by atoms with Gasteiger partial charge in [0.15, 0.2) is 0 Å². The predicted molar refractivity (Wildman–Crippen MR) is 79.1 cm³/mol. The van der Waals surface area contributed by atoms with Crippen molar-refractivity contribution in [2.75, 3.05) is 17.2 Å². The highest BCUT2D eigenvalue weighted by Gasteiger charge is 2.27. The van der Waals surface area contributed by atoms with Crippen molar-refractivity contribution in [1.29, 1.82) is 0 Å². The monoisotopic (exact) mass is 253 g/mol. The van der Waals surface area contributed by atoms with Gasteiger partial charge in [0.1, 0.15) is 0 Å². The minimum atomic E-state index is 0.423. The van der Waals surface area contributed by atoms with Crippen LogP contribution in [0.2, 0.25) is 0 Å². The minimum Gasteiger partial charge on any atom is -0.397 e. The van der Waals surface area contributed by atoms with Crippen molar-refractivity contribution in [3.05, 3.63) is 53.9 Å². The largest absolute Gasteiger partial charge is 0.397 e. The quantitative estimate of drug-likeness (QED) is 0.835. The Balaban J connectivity index is 1.97. The molecule has 1 fully saturated rings. The summed E-state index contributed by atoms with van der Waals surface area (Å²) in [5, 5.41) is 0. The Morgan fingerprint density at radius 2 is 2.00 bits per heavy atom. The second-order valence-electron chi connectivity index (χ2n) is 5.19. The third kappa shape index (κ3) is 2.28. The van der Waals surface area contributed by atoms with Crippen LogP contribution >= 0.6 is 0 Å². The first-order valence-corrected chi connectivity index (χ1v) is 6.78. The SMILES string of the molecule is Cc1ccc(N)c(N2CCCC2c2ccncc2)c1. The highest BCUT2D eigenvalue weighted by molar-refractivity contribution is 5.69. The summed E-state index contributed by atoms with van der Waals surface area (Å²) >= 11 is 0. The molecule has 3 nitrogen and oxygen atoms in total. The van der Waals surface area contributed by atoms with Crippen LogP contribution in [-0.4, -0.2) is 11.5 Å². The van der Waals surface area contributed by atoms with Gasteiger partial charge in [-0.05, 0) is 55.2 Å². The summed E-state index contributed by atoms with van der Waals surface area (Å²) in [6.07, 6.45) is 6.12. The molecule has 1 aromatic carbocycles. The Morgan fingerprint density at radius 1 is 1.21 bits per heavy atom. The highest BCUT2D eigenvalue weighted by atomic mass is 15.2. The molecule has 0 saturated carbocycles. The molecular weight excluding hydrogens is 234 g/mol. The fourth-order valence-electron chi connectivity index (χ4n) is 2.89. The normalized spacial score (nSPS) is 18.8. The molecule has 3 rings (SSSR count). The maximum atomic E-state index is 6.16. The zero-order valence-electron chi connectivity index (χ0n) is 11.2. The van der Waals surface area contributed by atoms with Gasteiger partial charge in [0.25, 0.3) is 0 Å². The van der Waals surface area contributed by atoms with Gasteiger partial charge in [0, 0.05) is 18.9 Å². The molecule has 0 amide bonds. The number of nitrogens with two attached hydrogens (primary N) is 1. The first-order valence-electron chi connectivity index (χ1n) is 6.78. The van der Waals surface area contributed by atoms with Crippen LogP contribution in [0.5, 0.6) is 0 Å². The fraction of sp³-hybridized carbons (Fsp3) is 0.312. The summed E-state index contributed by atoms with van der Waals surface area (Å²) < 4.78 is 0. The zero-order chi connectivity index (χ0) is 13.2. The second-order valence-corrected chi connectivity index (χ2v) is 5.19. The smallest absolute Gasteiger partial charge is 0.0607 e. The maximum absolute atomic E-state index is 6.16. The summed E-state index contributed by atoms with van der Waals surface area (Å²) in [4.78, 5) is 6.53. The number of benzene rings is 1. The lowest BCUT2D eigenvalue weighted by atomic mass is 10.1. The topological polar surface area (TPSA) is 42.1 Å². The molecule has 0 aliphatic carbocycles. The van der Waals surface area contributed by atoms with Gasteiger partial charge in [-0.15, -0.1) is 0 Å². The second kappa shape index (κ2) is 4.92. The lowest BCUT2D eigenvalue weighted by molar-refractivity contribution is 0.718. The highest BCUT2D eigenvalue weighted by Crippen LogP contribution is 2.38. The molecule has 2 aromatic rings. The molecule has 1 aromatic heterocycles. The first-order chi connectivity index (χ1) is 9.25. The number of nitrogens with zero attached hydrogens (tertiary/aromatic N) is 2. The lowest BCUT2D eigenvalue weighted by Gasteiger charge is -2.28. The molecular formula is C16H19N3. The zero-order valence-corrected chi connectivity index (χ0v) is 11.2. The van der Waals surface area contributed by atoms with Crippen molar-refractivity contribution in [2.24, 2.45) is 0 Å². The van der Waals surface area contributed by atoms with Crippen molar-refractivity contribution in [2.45, 2.75) is 25.8 Å². The summed E-state index contributed by atoms with van der Waals surface area (Å²) in [6, 6.07) is 10.9. The summed E-state index contributed by atoms with van der Waals surface area (Å²) in [5.74, 6) is 0. The van der Waals surface area contributed by atoms with Crippen LogP contribution < -0.4 is 10.6 Å². The number of rotatable bonds is 2. The fourth-order valence-corrected chi connectivity index (χ4v) is 2.89. The van der Waals surface area contributed by atoms with E-state index < -0.39 is 0 Å². The Hall–Kier alpha value is -2.03. The van der Waals surface area contributed by atoms with Crippen molar-refractivity contribution in [3.8, 4) is 0 Å². The Labute approximate surface area is 114 Å². The number of anilines is 2. The van der Waals surface area contributed by atoms with E-state index in [-0.39, 0.29) is 0 Å². The summed E-state index contributed by atoms with van der Waals surface area (Å²) in [6.45, 7) is 3.18. The number of nitrogen functional groups attached to an aromatic ring is 1. The van der Waals surface area contributed by atoms with Crippen LogP contribution in [0.25, 0.3) is 0 Å². The van der Waals surface area contributed by atoms with Crippen LogP contribution in [0.1, 0.15) is 30.0 Å². The molecule has 2 heterocycles. The molecule has 1 saturated heterocycles. The average Bonchev–Trinajstić information content (AvgIpc) is 2.91. The molecule has 1 unspecified atom stereocenters. The molecule has 1 aliphatic heterocycles. The number of aromatic nitrogens is 1. The van der Waals surface area contributed by atoms with Crippen molar-refractivity contribution in [3.63, 3.8) is 0 Å². The molecule has 2 N–H and O–H groups in total. The van der Waals surface area contributed by atoms with Gasteiger partial charge in [-0.1, -0.05) is 6.07 Å². The van der Waals surface area contributed by atoms with E-state index in [4.69, 9.17) is 5.73 Å². The Morgan fingerprint density at radius 3 is 2.79 bits per heavy atom. The van der Waals surface area contributed by atoms with Gasteiger partial charge in [0.05, 0.1) is 17.4 Å². The van der Waals surface area contributed by atoms with Crippen LogP contribution in [0.3, 0.4) is 0 Å². The third-order valence-electron chi connectivity index (χ3n) is 3.84. The van der Waals surface area contributed by atoms with Gasteiger partial charge in [-0.2, -0.15) is 0 Å². The first kappa shape index (κ1) is 12.0. The molecule has 1 atom stereocenters. The van der Waals surface area contributed by atoms with Gasteiger partial charge >= 0.3 is 0 Å². The van der Waals surface area contributed by atoms with E-state index in [0.717, 1.165) is 12.2 Å². The van der Waals surface area contributed by atoms with Crippen LogP contribution in [0.15, 0.2) is 42.7 Å². The molecule has 0 bridgehead atoms. The molecule has 98 valence electrons. The minimum absolute atomic E-state index is 0.423. The van der Waals surface area contributed by atoms with Crippen LogP contribution in [0.4, 0.5) is 11.4 Å². The van der Waals surface area contributed by atoms with Crippen molar-refractivity contribution < 1.29 is 0 Å². The van der Waals surface area contributed by atoms with Gasteiger partial charge in [-0.25, -0.2) is 0 Å². The van der Waals surface area contributed by atoms with E-state index in [9.17, 15) is 0 Å². The molecule has 0 radical (unpaired) electrons. The lowest BCUT2D eigenvalue weighted by Crippen LogP contribution is -2.23. The molecule has 1 aliphatic rings. The van der Waals surface area contributed by atoms with Crippen molar-refractivity contribution in [1.82, 2.24) is 4.98 Å². The van der Waals surface area contributed by atoms with Crippen LogP contribution in [-0.2, 0) is 0 Å². The Bertz CT molecular complexity index is 565. The molecule has 3 heteroatoms. The van der Waals surface area contributed by atoms with Crippen LogP contribution in [0, 0.1) is 6.92 Å². The average molecular weight is 253 g/mol. The van der Waals surface area contributed by atoms with E-state index >= 15 is 0 Å². The number of aryl methyl sites for hydroxylation is 1. The van der Waals surface area contributed by atoms with E-state index in [1.54, 1.807) is 0 Å². The van der Waals surface area contributed by atoms with E-state index in [2.05, 4.69) is 41.1 Å². The predicted octanol–water partition coefficient (Wildman–Crippen LogP) is 3.31. The molecule has 19 heavy (non-hydrogen) atoms. The summed E-state index contributed by atoms with van der Waals surface area (Å²) in [5.41, 5.74) is 10.8. The number of hydrogen-bond donors (Lipinski definition) is 1. The number of hydrogen-bond acceptors (Lipinski definition) is 3. The Kier molecular flexibility index (Phi) is 3.11. The third-order valence-corrected chi connectivity index (χ3v) is 3.84. The van der Waals surface area contributed by atoms with E-state index in [1.807, 2.05) is 18.5 Å². The maximum Gasteiger partial charge on any atom is 0.0607 e. The molecule has 0 spiro atoms. The van der Waals surface area contributed by atoms with Gasteiger partial charge in [-0.3, -0.25) is 4.98 Å². The standard InChI is InChI=1S/C16H19N3/c1-12-4-5-14(17)16(11-12)19-10-2-3-15(19)13-6-8-18-9-7-13/h4-9,11,15H,2-3,10,17H2,1H3.